The highest BCUT2D eigenvalue weighted by Crippen LogP contribution is 2.27. The van der Waals surface area contributed by atoms with E-state index in [9.17, 15) is 19.7 Å². The zero-order valence-corrected chi connectivity index (χ0v) is 14.0. The van der Waals surface area contributed by atoms with Gasteiger partial charge in [0.15, 0.2) is 0 Å². The molecule has 2 amide bonds. The molecule has 0 aliphatic heterocycles. The van der Waals surface area contributed by atoms with Crippen molar-refractivity contribution < 1.29 is 14.5 Å². The van der Waals surface area contributed by atoms with Gasteiger partial charge >= 0.3 is 0 Å². The SMILES string of the molecule is CSc1nn(C)c(NC(=O)c2cccc([N+](=O)[O-])c2C)c1C(N)=O. The minimum atomic E-state index is -0.724. The van der Waals surface area contributed by atoms with E-state index in [-0.39, 0.29) is 28.2 Å². The van der Waals surface area contributed by atoms with Gasteiger partial charge in [-0.05, 0) is 19.2 Å². The summed E-state index contributed by atoms with van der Waals surface area (Å²) in [6.07, 6.45) is 1.73. The third-order valence-electron chi connectivity index (χ3n) is 3.43. The van der Waals surface area contributed by atoms with Crippen molar-refractivity contribution in [1.82, 2.24) is 9.78 Å². The summed E-state index contributed by atoms with van der Waals surface area (Å²) in [5, 5.41) is 18.1. The number of thioether (sulfide) groups is 1. The molecule has 0 atom stereocenters. The van der Waals surface area contributed by atoms with Crippen molar-refractivity contribution in [2.24, 2.45) is 12.8 Å². The Bertz CT molecular complexity index is 846. The van der Waals surface area contributed by atoms with Crippen molar-refractivity contribution in [1.29, 1.82) is 0 Å². The van der Waals surface area contributed by atoms with Crippen LogP contribution in [0, 0.1) is 17.0 Å². The van der Waals surface area contributed by atoms with Gasteiger partial charge in [0, 0.05) is 24.2 Å². The number of amides is 2. The van der Waals surface area contributed by atoms with Crippen LogP contribution in [0.2, 0.25) is 0 Å². The fourth-order valence-corrected chi connectivity index (χ4v) is 2.86. The molecule has 0 aliphatic rings. The van der Waals surface area contributed by atoms with Crippen LogP contribution in [0.1, 0.15) is 26.3 Å². The molecular weight excluding hydrogens is 334 g/mol. The van der Waals surface area contributed by atoms with E-state index in [2.05, 4.69) is 10.4 Å². The molecule has 0 spiro atoms. The van der Waals surface area contributed by atoms with Crippen molar-refractivity contribution in [3.63, 3.8) is 0 Å². The fourth-order valence-electron chi connectivity index (χ4n) is 2.25. The molecule has 24 heavy (non-hydrogen) atoms. The van der Waals surface area contributed by atoms with Crippen molar-refractivity contribution >= 4 is 35.1 Å². The molecule has 0 unspecified atom stereocenters. The van der Waals surface area contributed by atoms with Gasteiger partial charge in [0.25, 0.3) is 17.5 Å². The Balaban J connectivity index is 2.45. The molecule has 0 saturated carbocycles. The maximum atomic E-state index is 12.5. The first kappa shape index (κ1) is 17.5. The maximum absolute atomic E-state index is 12.5. The first-order valence-corrected chi connectivity index (χ1v) is 7.96. The van der Waals surface area contributed by atoms with Gasteiger partial charge in [-0.1, -0.05) is 6.07 Å². The Hall–Kier alpha value is -2.88. The van der Waals surface area contributed by atoms with Crippen LogP contribution in [0.15, 0.2) is 23.2 Å². The lowest BCUT2D eigenvalue weighted by atomic mass is 10.1. The van der Waals surface area contributed by atoms with Crippen LogP contribution >= 0.6 is 11.8 Å². The Labute approximate surface area is 141 Å². The van der Waals surface area contributed by atoms with Crippen LogP contribution < -0.4 is 11.1 Å². The molecule has 3 N–H and O–H groups in total. The second-order valence-corrected chi connectivity index (χ2v) is 5.68. The van der Waals surface area contributed by atoms with Crippen molar-refractivity contribution in [3.05, 3.63) is 45.0 Å². The van der Waals surface area contributed by atoms with Gasteiger partial charge in [-0.25, -0.2) is 0 Å². The summed E-state index contributed by atoms with van der Waals surface area (Å²) >= 11 is 1.22. The zero-order chi connectivity index (χ0) is 18.0. The van der Waals surface area contributed by atoms with Crippen LogP contribution in [0.5, 0.6) is 0 Å². The Morgan fingerprint density at radius 1 is 1.42 bits per heavy atom. The van der Waals surface area contributed by atoms with Crippen LogP contribution in [0.25, 0.3) is 0 Å². The molecule has 1 heterocycles. The predicted octanol–water partition coefficient (Wildman–Crippen LogP) is 1.71. The van der Waals surface area contributed by atoms with E-state index in [1.807, 2.05) is 0 Å². The molecule has 1 aromatic carbocycles. The zero-order valence-electron chi connectivity index (χ0n) is 13.2. The number of primary amides is 1. The molecule has 0 radical (unpaired) electrons. The molecule has 10 heteroatoms. The van der Waals surface area contributed by atoms with E-state index >= 15 is 0 Å². The lowest BCUT2D eigenvalue weighted by molar-refractivity contribution is -0.385. The molecule has 0 fully saturated rings. The average molecular weight is 349 g/mol. The number of rotatable bonds is 5. The van der Waals surface area contributed by atoms with Crippen LogP contribution in [-0.2, 0) is 7.05 Å². The quantitative estimate of drug-likeness (QED) is 0.479. The van der Waals surface area contributed by atoms with Gasteiger partial charge in [-0.2, -0.15) is 5.10 Å². The summed E-state index contributed by atoms with van der Waals surface area (Å²) in [7, 11) is 1.56. The highest BCUT2D eigenvalue weighted by molar-refractivity contribution is 7.98. The van der Waals surface area contributed by atoms with Gasteiger partial charge in [-0.15, -0.1) is 11.8 Å². The highest BCUT2D eigenvalue weighted by Gasteiger charge is 2.24. The third kappa shape index (κ3) is 3.08. The monoisotopic (exact) mass is 349 g/mol. The van der Waals surface area contributed by atoms with E-state index < -0.39 is 16.7 Å². The summed E-state index contributed by atoms with van der Waals surface area (Å²) in [5.74, 6) is -1.17. The van der Waals surface area contributed by atoms with Crippen LogP contribution in [0.4, 0.5) is 11.5 Å². The number of nitro benzene ring substituents is 1. The Kier molecular flexibility index (Phi) is 4.88. The number of carbonyl (C=O) groups is 2. The molecule has 1 aromatic heterocycles. The number of nitrogens with zero attached hydrogens (tertiary/aromatic N) is 3. The summed E-state index contributed by atoms with van der Waals surface area (Å²) in [4.78, 5) is 34.6. The number of anilines is 1. The molecule has 0 saturated heterocycles. The topological polar surface area (TPSA) is 133 Å². The number of nitrogens with one attached hydrogen (secondary N) is 1. The molecule has 2 rings (SSSR count). The smallest absolute Gasteiger partial charge is 0.273 e. The lowest BCUT2D eigenvalue weighted by Crippen LogP contribution is -2.20. The van der Waals surface area contributed by atoms with E-state index in [1.165, 1.54) is 41.6 Å². The first-order chi connectivity index (χ1) is 11.3. The second kappa shape index (κ2) is 6.71. The van der Waals surface area contributed by atoms with Gasteiger partial charge in [0.2, 0.25) is 0 Å². The lowest BCUT2D eigenvalue weighted by Gasteiger charge is -2.09. The van der Waals surface area contributed by atoms with Gasteiger partial charge in [0.05, 0.1) is 4.92 Å². The number of aryl methyl sites for hydroxylation is 1. The van der Waals surface area contributed by atoms with Gasteiger partial charge in [0.1, 0.15) is 16.4 Å². The largest absolute Gasteiger partial charge is 0.365 e. The summed E-state index contributed by atoms with van der Waals surface area (Å²) in [6.45, 7) is 1.48. The summed E-state index contributed by atoms with van der Waals surface area (Å²) < 4.78 is 1.33. The van der Waals surface area contributed by atoms with Crippen molar-refractivity contribution in [2.45, 2.75) is 11.9 Å². The number of nitrogens with two attached hydrogens (primary N) is 1. The number of nitro groups is 1. The van der Waals surface area contributed by atoms with Crippen LogP contribution in [0.3, 0.4) is 0 Å². The standard InChI is InChI=1S/C14H15N5O4S/c1-7-8(5-4-6-9(7)19(22)23)13(21)16-12-10(11(15)20)14(24-3)17-18(12)2/h4-6H,1-3H3,(H2,15,20)(H,16,21). The normalized spacial score (nSPS) is 10.5. The number of benzene rings is 1. The van der Waals surface area contributed by atoms with E-state index in [1.54, 1.807) is 13.3 Å². The van der Waals surface area contributed by atoms with E-state index in [4.69, 9.17) is 5.73 Å². The predicted molar refractivity (Wildman–Crippen MR) is 89.3 cm³/mol. The maximum Gasteiger partial charge on any atom is 0.273 e. The van der Waals surface area contributed by atoms with Crippen molar-refractivity contribution in [2.75, 3.05) is 11.6 Å². The third-order valence-corrected chi connectivity index (χ3v) is 4.11. The average Bonchev–Trinajstić information content (AvgIpc) is 2.83. The molecule has 9 nitrogen and oxygen atoms in total. The number of aromatic nitrogens is 2. The molecular formula is C14H15N5O4S. The highest BCUT2D eigenvalue weighted by atomic mass is 32.2. The van der Waals surface area contributed by atoms with Crippen LogP contribution in [-0.4, -0.2) is 32.8 Å². The molecule has 2 aromatic rings. The fraction of sp³-hybridized carbons (Fsp3) is 0.214. The van der Waals surface area contributed by atoms with E-state index in [0.717, 1.165) is 0 Å². The molecule has 0 aliphatic carbocycles. The Morgan fingerprint density at radius 3 is 2.62 bits per heavy atom. The molecule has 126 valence electrons. The second-order valence-electron chi connectivity index (χ2n) is 4.88. The summed E-state index contributed by atoms with van der Waals surface area (Å²) in [6, 6.07) is 4.20. The number of hydrogen-bond acceptors (Lipinski definition) is 6. The minimum absolute atomic E-state index is 0.0985. The van der Waals surface area contributed by atoms with Crippen molar-refractivity contribution in [3.8, 4) is 0 Å². The minimum Gasteiger partial charge on any atom is -0.365 e. The van der Waals surface area contributed by atoms with Gasteiger partial charge in [-0.3, -0.25) is 24.4 Å². The van der Waals surface area contributed by atoms with Gasteiger partial charge < -0.3 is 11.1 Å². The first-order valence-electron chi connectivity index (χ1n) is 6.74. The van der Waals surface area contributed by atoms with E-state index in [0.29, 0.717) is 5.03 Å². The Morgan fingerprint density at radius 2 is 2.08 bits per heavy atom. The molecule has 0 bridgehead atoms. The summed E-state index contributed by atoms with van der Waals surface area (Å²) in [5.41, 5.74) is 5.67. The number of carbonyl (C=O) groups excluding carboxylic acids is 2. The number of hydrogen-bond donors (Lipinski definition) is 2.